The van der Waals surface area contributed by atoms with Gasteiger partial charge in [0.15, 0.2) is 0 Å². The number of fused-ring (bicyclic) bond motifs is 1. The predicted octanol–water partition coefficient (Wildman–Crippen LogP) is 3.70. The van der Waals surface area contributed by atoms with E-state index in [2.05, 4.69) is 12.1 Å². The Hall–Kier alpha value is -2.35. The highest BCUT2D eigenvalue weighted by atomic mass is 16.2. The Morgan fingerprint density at radius 1 is 1.00 bits per heavy atom. The molecule has 0 atom stereocenters. The first-order valence-corrected chi connectivity index (χ1v) is 6.38. The van der Waals surface area contributed by atoms with Crippen LogP contribution >= 0.6 is 0 Å². The average Bonchev–Trinajstić information content (AvgIpc) is 2.47. The van der Waals surface area contributed by atoms with Crippen LogP contribution in [0.15, 0.2) is 60.8 Å². The molecule has 2 aromatic carbocycles. The number of benzene rings is 2. The predicted molar refractivity (Wildman–Crippen MR) is 76.4 cm³/mol. The molecule has 0 unspecified atom stereocenters. The topological polar surface area (TPSA) is 20.3 Å². The number of nitrogens with zero attached hydrogens (tertiary/aromatic N) is 1. The first-order chi connectivity index (χ1) is 9.25. The van der Waals surface area contributed by atoms with Gasteiger partial charge in [-0.1, -0.05) is 42.5 Å². The van der Waals surface area contributed by atoms with Gasteiger partial charge in [0.25, 0.3) is 5.91 Å². The van der Waals surface area contributed by atoms with Crippen molar-refractivity contribution in [3.05, 3.63) is 77.5 Å². The first kappa shape index (κ1) is 11.7. The molecule has 2 heteroatoms. The summed E-state index contributed by atoms with van der Waals surface area (Å²) in [5.74, 6) is 0.0504. The third-order valence-corrected chi connectivity index (χ3v) is 3.41. The molecule has 0 spiro atoms. The number of hydrogen-bond acceptors (Lipinski definition) is 1. The summed E-state index contributed by atoms with van der Waals surface area (Å²) in [6, 6.07) is 17.6. The lowest BCUT2D eigenvalue weighted by Crippen LogP contribution is -2.28. The van der Waals surface area contributed by atoms with E-state index in [4.69, 9.17) is 0 Å². The van der Waals surface area contributed by atoms with Crippen LogP contribution in [0.2, 0.25) is 0 Å². The van der Waals surface area contributed by atoms with Crippen molar-refractivity contribution in [3.63, 3.8) is 0 Å². The maximum Gasteiger partial charge on any atom is 0.258 e. The molecule has 0 saturated heterocycles. The van der Waals surface area contributed by atoms with Gasteiger partial charge < -0.3 is 4.90 Å². The molecule has 1 amide bonds. The highest BCUT2D eigenvalue weighted by molar-refractivity contribution is 5.96. The van der Waals surface area contributed by atoms with Crippen molar-refractivity contribution in [3.8, 4) is 0 Å². The maximum absolute atomic E-state index is 12.4. The van der Waals surface area contributed by atoms with E-state index in [-0.39, 0.29) is 5.91 Å². The SMILES string of the molecule is CC1=CN(C(=O)c2ccccc2)Cc2ccccc21. The summed E-state index contributed by atoms with van der Waals surface area (Å²) in [6.45, 7) is 2.69. The fourth-order valence-corrected chi connectivity index (χ4v) is 2.45. The second-order valence-corrected chi connectivity index (χ2v) is 4.77. The molecule has 0 bridgehead atoms. The minimum Gasteiger partial charge on any atom is -0.310 e. The highest BCUT2D eigenvalue weighted by Crippen LogP contribution is 2.26. The molecule has 0 aliphatic carbocycles. The Balaban J connectivity index is 1.94. The molecule has 19 heavy (non-hydrogen) atoms. The van der Waals surface area contributed by atoms with Crippen LogP contribution in [0.25, 0.3) is 5.57 Å². The van der Waals surface area contributed by atoms with Crippen molar-refractivity contribution in [1.29, 1.82) is 0 Å². The summed E-state index contributed by atoms with van der Waals surface area (Å²) in [6.07, 6.45) is 1.94. The molecule has 1 heterocycles. The Labute approximate surface area is 113 Å². The number of allylic oxidation sites excluding steroid dienone is 1. The fourth-order valence-electron chi connectivity index (χ4n) is 2.45. The second-order valence-electron chi connectivity index (χ2n) is 4.77. The Morgan fingerprint density at radius 3 is 2.47 bits per heavy atom. The van der Waals surface area contributed by atoms with Crippen LogP contribution in [0.5, 0.6) is 0 Å². The van der Waals surface area contributed by atoms with Crippen LogP contribution in [0, 0.1) is 0 Å². The van der Waals surface area contributed by atoms with Gasteiger partial charge in [-0.2, -0.15) is 0 Å². The molecule has 2 nitrogen and oxygen atoms in total. The van der Waals surface area contributed by atoms with E-state index in [1.165, 1.54) is 11.1 Å². The van der Waals surface area contributed by atoms with E-state index in [0.717, 1.165) is 11.1 Å². The molecule has 1 aliphatic heterocycles. The van der Waals surface area contributed by atoms with Gasteiger partial charge >= 0.3 is 0 Å². The maximum atomic E-state index is 12.4. The summed E-state index contributed by atoms with van der Waals surface area (Å²) in [5.41, 5.74) is 4.29. The van der Waals surface area contributed by atoms with Gasteiger partial charge in [0, 0.05) is 11.8 Å². The van der Waals surface area contributed by atoms with Crippen LogP contribution < -0.4 is 0 Å². The molecular weight excluding hydrogens is 234 g/mol. The van der Waals surface area contributed by atoms with Gasteiger partial charge in [0.05, 0.1) is 6.54 Å². The first-order valence-electron chi connectivity index (χ1n) is 6.38. The van der Waals surface area contributed by atoms with Crippen molar-refractivity contribution in [2.24, 2.45) is 0 Å². The molecule has 0 N–H and O–H groups in total. The number of carbonyl (C=O) groups excluding carboxylic acids is 1. The lowest BCUT2D eigenvalue weighted by atomic mass is 9.97. The minimum atomic E-state index is 0.0504. The minimum absolute atomic E-state index is 0.0504. The van der Waals surface area contributed by atoms with Gasteiger partial charge in [0.2, 0.25) is 0 Å². The normalized spacial score (nSPS) is 13.7. The van der Waals surface area contributed by atoms with E-state index in [1.807, 2.05) is 55.6 Å². The molecule has 0 radical (unpaired) electrons. The zero-order valence-corrected chi connectivity index (χ0v) is 10.8. The summed E-state index contributed by atoms with van der Waals surface area (Å²) in [5, 5.41) is 0. The van der Waals surface area contributed by atoms with Gasteiger partial charge in [-0.25, -0.2) is 0 Å². The summed E-state index contributed by atoms with van der Waals surface area (Å²) >= 11 is 0. The lowest BCUT2D eigenvalue weighted by molar-refractivity contribution is 0.0812. The number of amides is 1. The lowest BCUT2D eigenvalue weighted by Gasteiger charge is -2.26. The van der Waals surface area contributed by atoms with Crippen molar-refractivity contribution >= 4 is 11.5 Å². The van der Waals surface area contributed by atoms with Gasteiger partial charge in [-0.3, -0.25) is 4.79 Å². The molecule has 0 fully saturated rings. The summed E-state index contributed by atoms with van der Waals surface area (Å²) < 4.78 is 0. The van der Waals surface area contributed by atoms with Crippen LogP contribution in [0.4, 0.5) is 0 Å². The third kappa shape index (κ3) is 2.17. The van der Waals surface area contributed by atoms with Gasteiger partial charge in [-0.15, -0.1) is 0 Å². The molecule has 2 aromatic rings. The zero-order chi connectivity index (χ0) is 13.2. The number of rotatable bonds is 1. The summed E-state index contributed by atoms with van der Waals surface area (Å²) in [4.78, 5) is 14.2. The van der Waals surface area contributed by atoms with E-state index in [1.54, 1.807) is 4.90 Å². The van der Waals surface area contributed by atoms with E-state index in [0.29, 0.717) is 6.54 Å². The van der Waals surface area contributed by atoms with Crippen LogP contribution in [-0.4, -0.2) is 10.8 Å². The number of carbonyl (C=O) groups is 1. The Morgan fingerprint density at radius 2 is 1.68 bits per heavy atom. The standard InChI is InChI=1S/C17H15NO/c1-13-11-18(12-15-9-5-6-10-16(13)15)17(19)14-7-3-2-4-8-14/h2-11H,12H2,1H3. The molecule has 1 aliphatic rings. The largest absolute Gasteiger partial charge is 0.310 e. The van der Waals surface area contributed by atoms with Crippen molar-refractivity contribution < 1.29 is 4.79 Å². The quantitative estimate of drug-likeness (QED) is 0.754. The fraction of sp³-hybridized carbons (Fsp3) is 0.118. The van der Waals surface area contributed by atoms with Gasteiger partial charge in [0.1, 0.15) is 0 Å². The Bertz CT molecular complexity index is 643. The molecule has 0 aromatic heterocycles. The van der Waals surface area contributed by atoms with Crippen LogP contribution in [0.3, 0.4) is 0 Å². The average molecular weight is 249 g/mol. The second kappa shape index (κ2) is 4.73. The smallest absolute Gasteiger partial charge is 0.258 e. The summed E-state index contributed by atoms with van der Waals surface area (Å²) in [7, 11) is 0. The molecule has 3 rings (SSSR count). The van der Waals surface area contributed by atoms with Crippen molar-refractivity contribution in [2.45, 2.75) is 13.5 Å². The van der Waals surface area contributed by atoms with E-state index >= 15 is 0 Å². The van der Waals surface area contributed by atoms with Crippen LogP contribution in [-0.2, 0) is 6.54 Å². The zero-order valence-electron chi connectivity index (χ0n) is 10.8. The number of hydrogen-bond donors (Lipinski definition) is 0. The highest BCUT2D eigenvalue weighted by Gasteiger charge is 2.20. The monoisotopic (exact) mass is 249 g/mol. The van der Waals surface area contributed by atoms with Crippen molar-refractivity contribution in [1.82, 2.24) is 4.90 Å². The third-order valence-electron chi connectivity index (χ3n) is 3.41. The van der Waals surface area contributed by atoms with Crippen LogP contribution in [0.1, 0.15) is 28.4 Å². The molecule has 94 valence electrons. The Kier molecular flexibility index (Phi) is 2.92. The molecular formula is C17H15NO. The van der Waals surface area contributed by atoms with E-state index in [9.17, 15) is 4.79 Å². The molecule has 0 saturated carbocycles. The van der Waals surface area contributed by atoms with Crippen molar-refractivity contribution in [2.75, 3.05) is 0 Å². The van der Waals surface area contributed by atoms with Gasteiger partial charge in [-0.05, 0) is 35.8 Å². The van der Waals surface area contributed by atoms with E-state index < -0.39 is 0 Å².